The fourth-order valence-corrected chi connectivity index (χ4v) is 3.15. The summed E-state index contributed by atoms with van der Waals surface area (Å²) in [6, 6.07) is 2.83. The van der Waals surface area contributed by atoms with Gasteiger partial charge in [0.05, 0.1) is 0 Å². The summed E-state index contributed by atoms with van der Waals surface area (Å²) >= 11 is 0. The average Bonchev–Trinajstić information content (AvgIpc) is 3.03. The lowest BCUT2D eigenvalue weighted by atomic mass is 10.1. The zero-order valence-electron chi connectivity index (χ0n) is 11.3. The lowest BCUT2D eigenvalue weighted by Crippen LogP contribution is -2.41. The van der Waals surface area contributed by atoms with Crippen molar-refractivity contribution in [3.05, 3.63) is 35.4 Å². The van der Waals surface area contributed by atoms with Crippen LogP contribution in [0, 0.1) is 17.6 Å². The monoisotopic (exact) mass is 295 g/mol. The van der Waals surface area contributed by atoms with E-state index in [-0.39, 0.29) is 11.5 Å². The van der Waals surface area contributed by atoms with Gasteiger partial charge in [0.1, 0.15) is 17.7 Å². The molecule has 1 aliphatic heterocycles. The highest BCUT2D eigenvalue weighted by atomic mass is 19.1. The maximum atomic E-state index is 13.7. The molecule has 4 nitrogen and oxygen atoms in total. The summed E-state index contributed by atoms with van der Waals surface area (Å²) < 4.78 is 27.4. The summed E-state index contributed by atoms with van der Waals surface area (Å²) in [6.45, 7) is 0.402. The minimum absolute atomic E-state index is 0.0538. The van der Waals surface area contributed by atoms with Crippen LogP contribution >= 0.6 is 0 Å². The third kappa shape index (κ3) is 2.39. The van der Waals surface area contributed by atoms with Crippen LogP contribution in [0.5, 0.6) is 0 Å². The first kappa shape index (κ1) is 14.0. The minimum Gasteiger partial charge on any atom is -0.480 e. The quantitative estimate of drug-likeness (QED) is 0.929. The zero-order valence-corrected chi connectivity index (χ0v) is 11.3. The summed E-state index contributed by atoms with van der Waals surface area (Å²) in [5.74, 6) is -3.59. The van der Waals surface area contributed by atoms with Gasteiger partial charge in [-0.1, -0.05) is 6.07 Å². The fraction of sp³-hybridized carbons (Fsp3) is 0.467. The van der Waals surface area contributed by atoms with Crippen LogP contribution in [0.15, 0.2) is 18.2 Å². The Kier molecular flexibility index (Phi) is 3.39. The number of carboxylic acid groups (broad SMARTS) is 1. The molecule has 3 atom stereocenters. The number of hydrogen-bond donors (Lipinski definition) is 1. The molecule has 0 spiro atoms. The van der Waals surface area contributed by atoms with E-state index < -0.39 is 35.5 Å². The molecule has 1 saturated carbocycles. The first-order chi connectivity index (χ1) is 10.0. The Morgan fingerprint density at radius 2 is 1.90 bits per heavy atom. The Balaban J connectivity index is 1.76. The number of halogens is 2. The van der Waals surface area contributed by atoms with E-state index in [9.17, 15) is 18.4 Å². The maximum Gasteiger partial charge on any atom is 0.326 e. The second-order valence-electron chi connectivity index (χ2n) is 5.61. The number of carbonyl (C=O) groups excluding carboxylic acids is 1. The highest BCUT2D eigenvalue weighted by molar-refractivity contribution is 5.88. The molecular weight excluding hydrogens is 280 g/mol. The van der Waals surface area contributed by atoms with Crippen LogP contribution < -0.4 is 0 Å². The largest absolute Gasteiger partial charge is 0.480 e. The van der Waals surface area contributed by atoms with E-state index >= 15 is 0 Å². The van der Waals surface area contributed by atoms with Crippen LogP contribution in [0.4, 0.5) is 8.78 Å². The molecule has 1 amide bonds. The number of benzene rings is 1. The molecule has 21 heavy (non-hydrogen) atoms. The molecule has 6 heteroatoms. The van der Waals surface area contributed by atoms with Gasteiger partial charge in [0, 0.05) is 23.9 Å². The number of likely N-dealkylation sites (tertiary alicyclic amines) is 1. The van der Waals surface area contributed by atoms with Gasteiger partial charge >= 0.3 is 5.97 Å². The fourth-order valence-electron chi connectivity index (χ4n) is 3.15. The summed E-state index contributed by atoms with van der Waals surface area (Å²) in [4.78, 5) is 24.8. The highest BCUT2D eigenvalue weighted by Gasteiger charge is 2.50. The molecule has 1 N–H and O–H groups in total. The molecule has 1 aliphatic carbocycles. The van der Waals surface area contributed by atoms with E-state index in [0.717, 1.165) is 0 Å². The van der Waals surface area contributed by atoms with E-state index in [1.807, 2.05) is 0 Å². The Hall–Kier alpha value is -1.98. The van der Waals surface area contributed by atoms with Crippen molar-refractivity contribution in [2.24, 2.45) is 5.92 Å². The van der Waals surface area contributed by atoms with Crippen LogP contribution in [0.3, 0.4) is 0 Å². The van der Waals surface area contributed by atoms with Gasteiger partial charge < -0.3 is 10.0 Å². The standard InChI is InChI=1S/C15H15F2NO3/c16-10-3-1-4-11(17)13(10)8-7-9(8)14(19)18-6-2-5-12(18)15(20)21/h1,3-4,8-9,12H,2,5-7H2,(H,20,21)/t8?,9?,12-/m1/s1. The van der Waals surface area contributed by atoms with Crippen molar-refractivity contribution in [3.8, 4) is 0 Å². The number of carbonyl (C=O) groups is 2. The highest BCUT2D eigenvalue weighted by Crippen LogP contribution is 2.50. The number of aliphatic carboxylic acids is 1. The van der Waals surface area contributed by atoms with Crippen LogP contribution in [0.1, 0.15) is 30.7 Å². The van der Waals surface area contributed by atoms with Crippen molar-refractivity contribution in [1.29, 1.82) is 0 Å². The van der Waals surface area contributed by atoms with Crippen LogP contribution in [-0.2, 0) is 9.59 Å². The molecule has 112 valence electrons. The van der Waals surface area contributed by atoms with Crippen LogP contribution in [0.2, 0.25) is 0 Å². The van der Waals surface area contributed by atoms with Crippen molar-refractivity contribution in [2.45, 2.75) is 31.2 Å². The number of amides is 1. The van der Waals surface area contributed by atoms with Gasteiger partial charge in [-0.2, -0.15) is 0 Å². The van der Waals surface area contributed by atoms with Crippen molar-refractivity contribution in [3.63, 3.8) is 0 Å². The van der Waals surface area contributed by atoms with Crippen molar-refractivity contribution in [2.75, 3.05) is 6.54 Å². The molecule has 1 aromatic carbocycles. The van der Waals surface area contributed by atoms with Crippen LogP contribution in [-0.4, -0.2) is 34.5 Å². The van der Waals surface area contributed by atoms with Crippen molar-refractivity contribution < 1.29 is 23.5 Å². The van der Waals surface area contributed by atoms with E-state index in [1.165, 1.54) is 23.1 Å². The topological polar surface area (TPSA) is 57.6 Å². The zero-order chi connectivity index (χ0) is 15.1. The lowest BCUT2D eigenvalue weighted by molar-refractivity contribution is -0.148. The number of rotatable bonds is 3. The number of hydrogen-bond acceptors (Lipinski definition) is 2. The second-order valence-corrected chi connectivity index (χ2v) is 5.61. The Labute approximate surface area is 120 Å². The van der Waals surface area contributed by atoms with Crippen LogP contribution in [0.25, 0.3) is 0 Å². The number of nitrogens with zero attached hydrogens (tertiary/aromatic N) is 1. The average molecular weight is 295 g/mol. The molecule has 3 rings (SSSR count). The predicted molar refractivity (Wildman–Crippen MR) is 69.6 cm³/mol. The van der Waals surface area contributed by atoms with Crippen molar-refractivity contribution in [1.82, 2.24) is 4.90 Å². The normalized spacial score (nSPS) is 27.7. The van der Waals surface area contributed by atoms with E-state index in [0.29, 0.717) is 25.8 Å². The molecule has 1 aromatic rings. The second kappa shape index (κ2) is 5.09. The van der Waals surface area contributed by atoms with Gasteiger partial charge in [-0.25, -0.2) is 13.6 Å². The Bertz CT molecular complexity index is 584. The first-order valence-corrected chi connectivity index (χ1v) is 6.98. The third-order valence-corrected chi connectivity index (χ3v) is 4.30. The van der Waals surface area contributed by atoms with Gasteiger partial charge in [0.2, 0.25) is 5.91 Å². The Morgan fingerprint density at radius 3 is 2.52 bits per heavy atom. The molecule has 2 aliphatic rings. The molecule has 1 heterocycles. The summed E-state index contributed by atoms with van der Waals surface area (Å²) in [5, 5.41) is 9.09. The summed E-state index contributed by atoms with van der Waals surface area (Å²) in [5.41, 5.74) is -0.0538. The van der Waals surface area contributed by atoms with E-state index in [4.69, 9.17) is 5.11 Å². The maximum absolute atomic E-state index is 13.7. The minimum atomic E-state index is -1.02. The van der Waals surface area contributed by atoms with Crippen molar-refractivity contribution >= 4 is 11.9 Å². The molecule has 0 aromatic heterocycles. The molecule has 0 radical (unpaired) electrons. The van der Waals surface area contributed by atoms with E-state index in [2.05, 4.69) is 0 Å². The van der Waals surface area contributed by atoms with E-state index in [1.54, 1.807) is 0 Å². The predicted octanol–water partition coefficient (Wildman–Crippen LogP) is 2.14. The van der Waals surface area contributed by atoms with Gasteiger partial charge in [-0.05, 0) is 31.4 Å². The van der Waals surface area contributed by atoms with Gasteiger partial charge in [0.25, 0.3) is 0 Å². The smallest absolute Gasteiger partial charge is 0.326 e. The number of carboxylic acids is 1. The SMILES string of the molecule is O=C(O)[C@H]1CCCN1C(=O)C1CC1c1c(F)cccc1F. The Morgan fingerprint density at radius 1 is 1.24 bits per heavy atom. The summed E-state index contributed by atoms with van der Waals surface area (Å²) in [7, 11) is 0. The van der Waals surface area contributed by atoms with Gasteiger partial charge in [-0.15, -0.1) is 0 Å². The third-order valence-electron chi connectivity index (χ3n) is 4.30. The molecular formula is C15H15F2NO3. The lowest BCUT2D eigenvalue weighted by Gasteiger charge is -2.21. The molecule has 2 fully saturated rings. The summed E-state index contributed by atoms with van der Waals surface area (Å²) in [6.07, 6.45) is 1.46. The molecule has 0 bridgehead atoms. The van der Waals surface area contributed by atoms with Gasteiger partial charge in [-0.3, -0.25) is 4.79 Å². The first-order valence-electron chi connectivity index (χ1n) is 6.98. The molecule has 1 saturated heterocycles. The van der Waals surface area contributed by atoms with Gasteiger partial charge in [0.15, 0.2) is 0 Å². The molecule has 2 unspecified atom stereocenters.